The molecule has 0 radical (unpaired) electrons. The highest BCUT2D eigenvalue weighted by Crippen LogP contribution is 2.03. The van der Waals surface area contributed by atoms with Crippen molar-refractivity contribution < 1.29 is 0 Å². The first-order valence-electron chi connectivity index (χ1n) is 4.91. The molecule has 0 atom stereocenters. The maximum atomic E-state index is 5.28. The molecule has 0 amide bonds. The van der Waals surface area contributed by atoms with Gasteiger partial charge in [0.2, 0.25) is 0 Å². The third-order valence-corrected chi connectivity index (χ3v) is 1.82. The van der Waals surface area contributed by atoms with Gasteiger partial charge in [0.1, 0.15) is 0 Å². The normalized spacial score (nSPS) is 15.3. The zero-order valence-electron chi connectivity index (χ0n) is 8.64. The van der Waals surface area contributed by atoms with Crippen LogP contribution in [0.25, 0.3) is 0 Å². The van der Waals surface area contributed by atoms with E-state index >= 15 is 0 Å². The van der Waals surface area contributed by atoms with E-state index in [1.165, 1.54) is 0 Å². The molecule has 74 valence electrons. The van der Waals surface area contributed by atoms with Gasteiger partial charge in [-0.05, 0) is 5.57 Å². The molecule has 0 aromatic heterocycles. The van der Waals surface area contributed by atoms with E-state index in [0.29, 0.717) is 6.42 Å². The van der Waals surface area contributed by atoms with Crippen LogP contribution in [0.1, 0.15) is 6.42 Å². The lowest BCUT2D eigenvalue weighted by atomic mass is 10.1. The Morgan fingerprint density at radius 2 is 1.33 bits per heavy atom. The first kappa shape index (κ1) is 11.1. The topological polar surface area (TPSA) is 0 Å². The van der Waals surface area contributed by atoms with Crippen molar-refractivity contribution in [3.05, 3.63) is 72.4 Å². The van der Waals surface area contributed by atoms with E-state index < -0.39 is 0 Å². The van der Waals surface area contributed by atoms with Crippen LogP contribution in [0.3, 0.4) is 0 Å². The summed E-state index contributed by atoms with van der Waals surface area (Å²) in [4.78, 5) is 0. The summed E-state index contributed by atoms with van der Waals surface area (Å²) >= 11 is 0. The summed E-state index contributed by atoms with van der Waals surface area (Å²) < 4.78 is 0. The van der Waals surface area contributed by atoms with Crippen LogP contribution in [-0.2, 0) is 0 Å². The molecule has 0 spiro atoms. The summed E-state index contributed by atoms with van der Waals surface area (Å²) in [5.41, 5.74) is 1.14. The van der Waals surface area contributed by atoms with E-state index in [0.717, 1.165) is 5.57 Å². The van der Waals surface area contributed by atoms with Gasteiger partial charge in [-0.2, -0.15) is 0 Å². The molecule has 0 fully saturated rings. The highest BCUT2D eigenvalue weighted by Gasteiger charge is 1.85. The third-order valence-electron chi connectivity index (χ3n) is 1.82. The molecule has 0 heterocycles. The summed E-state index contributed by atoms with van der Waals surface area (Å²) in [6.45, 7) is 0. The average Bonchev–Trinajstić information content (AvgIpc) is 2.22. The number of terminal acetylenes is 1. The minimum atomic E-state index is 0.661. The second-order valence-electron chi connectivity index (χ2n) is 3.02. The molecular weight excluding hydrogens is 180 g/mol. The van der Waals surface area contributed by atoms with Gasteiger partial charge in [-0.3, -0.25) is 0 Å². The molecule has 0 saturated carbocycles. The molecule has 15 heavy (non-hydrogen) atoms. The maximum Gasteiger partial charge on any atom is 0.0337 e. The van der Waals surface area contributed by atoms with Gasteiger partial charge in [-0.15, -0.1) is 12.3 Å². The smallest absolute Gasteiger partial charge is 0.0337 e. The van der Waals surface area contributed by atoms with E-state index in [1.54, 1.807) is 0 Å². The number of hydrogen-bond donors (Lipinski definition) is 0. The third kappa shape index (κ3) is 5.33. The monoisotopic (exact) mass is 194 g/mol. The molecule has 0 aromatic carbocycles. The summed E-state index contributed by atoms with van der Waals surface area (Å²) in [5, 5.41) is 0. The fourth-order valence-electron chi connectivity index (χ4n) is 1.10. The number of allylic oxidation sites excluding steroid dienone is 12. The Labute approximate surface area is 91.7 Å². The van der Waals surface area contributed by atoms with Crippen molar-refractivity contribution in [1.82, 2.24) is 0 Å². The summed E-state index contributed by atoms with van der Waals surface area (Å²) in [6.07, 6.45) is 27.9. The maximum absolute atomic E-state index is 5.28. The van der Waals surface area contributed by atoms with Crippen molar-refractivity contribution in [3.8, 4) is 12.3 Å². The Morgan fingerprint density at radius 3 is 1.93 bits per heavy atom. The van der Waals surface area contributed by atoms with Gasteiger partial charge >= 0.3 is 0 Å². The van der Waals surface area contributed by atoms with E-state index in [1.807, 2.05) is 66.8 Å². The Morgan fingerprint density at radius 1 is 0.800 bits per heavy atom. The second-order valence-corrected chi connectivity index (χ2v) is 3.02. The second kappa shape index (κ2) is 7.41. The first-order valence-corrected chi connectivity index (χ1v) is 4.91. The van der Waals surface area contributed by atoms with E-state index in [-0.39, 0.29) is 0 Å². The molecule has 0 N–H and O–H groups in total. The van der Waals surface area contributed by atoms with Crippen molar-refractivity contribution in [2.75, 3.05) is 0 Å². The summed E-state index contributed by atoms with van der Waals surface area (Å²) in [6, 6.07) is 0. The summed E-state index contributed by atoms with van der Waals surface area (Å²) in [5.74, 6) is 2.64. The first-order chi connectivity index (χ1) is 7.43. The van der Waals surface area contributed by atoms with E-state index in [4.69, 9.17) is 6.42 Å². The van der Waals surface area contributed by atoms with Gasteiger partial charge in [0.15, 0.2) is 0 Å². The molecule has 0 nitrogen and oxygen atoms in total. The lowest BCUT2D eigenvalue weighted by molar-refractivity contribution is 1.34. The quantitative estimate of drug-likeness (QED) is 0.558. The van der Waals surface area contributed by atoms with Crippen LogP contribution >= 0.6 is 0 Å². The fourth-order valence-corrected chi connectivity index (χ4v) is 1.10. The molecule has 0 saturated heterocycles. The van der Waals surface area contributed by atoms with Gasteiger partial charge in [-0.1, -0.05) is 66.8 Å². The number of rotatable bonds is 1. The Kier molecular flexibility index (Phi) is 5.47. The molecule has 1 aliphatic rings. The van der Waals surface area contributed by atoms with Crippen LogP contribution in [-0.4, -0.2) is 0 Å². The SMILES string of the molecule is C#CCC1=CC=CC=CC=CC=CC=C1. The van der Waals surface area contributed by atoms with Crippen molar-refractivity contribution in [3.63, 3.8) is 0 Å². The van der Waals surface area contributed by atoms with Crippen LogP contribution in [0.4, 0.5) is 0 Å². The Bertz CT molecular complexity index is 390. The van der Waals surface area contributed by atoms with Crippen LogP contribution in [0.5, 0.6) is 0 Å². The molecule has 0 aliphatic heterocycles. The zero-order valence-corrected chi connectivity index (χ0v) is 8.64. The fraction of sp³-hybridized carbons (Fsp3) is 0.0667. The van der Waals surface area contributed by atoms with Gasteiger partial charge in [0, 0.05) is 6.42 Å². The number of hydrogen-bond acceptors (Lipinski definition) is 0. The summed E-state index contributed by atoms with van der Waals surface area (Å²) in [7, 11) is 0. The van der Waals surface area contributed by atoms with Crippen LogP contribution in [0.2, 0.25) is 0 Å². The average molecular weight is 194 g/mol. The largest absolute Gasteiger partial charge is 0.120 e. The van der Waals surface area contributed by atoms with Crippen LogP contribution in [0, 0.1) is 12.3 Å². The van der Waals surface area contributed by atoms with E-state index in [2.05, 4.69) is 5.92 Å². The minimum absolute atomic E-state index is 0.661. The molecular formula is C15H14. The molecule has 1 aliphatic carbocycles. The van der Waals surface area contributed by atoms with E-state index in [9.17, 15) is 0 Å². The van der Waals surface area contributed by atoms with Gasteiger partial charge in [0.05, 0.1) is 0 Å². The van der Waals surface area contributed by atoms with Crippen LogP contribution < -0.4 is 0 Å². The van der Waals surface area contributed by atoms with Crippen molar-refractivity contribution in [1.29, 1.82) is 0 Å². The van der Waals surface area contributed by atoms with Crippen molar-refractivity contribution >= 4 is 0 Å². The van der Waals surface area contributed by atoms with Gasteiger partial charge in [-0.25, -0.2) is 0 Å². The van der Waals surface area contributed by atoms with Gasteiger partial charge in [0.25, 0.3) is 0 Å². The minimum Gasteiger partial charge on any atom is -0.120 e. The molecule has 0 bridgehead atoms. The predicted octanol–water partition coefficient (Wildman–Crippen LogP) is 3.73. The molecule has 0 unspecified atom stereocenters. The lowest BCUT2D eigenvalue weighted by Crippen LogP contribution is -1.74. The van der Waals surface area contributed by atoms with Crippen molar-refractivity contribution in [2.24, 2.45) is 0 Å². The van der Waals surface area contributed by atoms with Crippen LogP contribution in [0.15, 0.2) is 72.4 Å². The molecule has 0 aromatic rings. The standard InChI is InChI=1S/C15H14/c1-2-12-15-13-10-8-6-4-3-5-7-9-11-14-15/h1,3-11,13-14H,12H2. The zero-order chi connectivity index (χ0) is 10.8. The predicted molar refractivity (Wildman–Crippen MR) is 67.2 cm³/mol. The Balaban J connectivity index is 2.83. The highest BCUT2D eigenvalue weighted by molar-refractivity contribution is 5.31. The highest BCUT2D eigenvalue weighted by atomic mass is 13.9. The molecule has 1 rings (SSSR count). The molecule has 0 heteroatoms. The van der Waals surface area contributed by atoms with Gasteiger partial charge < -0.3 is 0 Å². The Hall–Kier alpha value is -2.00. The van der Waals surface area contributed by atoms with Crippen molar-refractivity contribution in [2.45, 2.75) is 6.42 Å². The lowest BCUT2D eigenvalue weighted by Gasteiger charge is -1.92.